The molecule has 4 heteroatoms. The Hall–Kier alpha value is 0.294. The van der Waals surface area contributed by atoms with Crippen LogP contribution in [0.3, 0.4) is 0 Å². The van der Waals surface area contributed by atoms with Gasteiger partial charge in [0.1, 0.15) is 0 Å². The van der Waals surface area contributed by atoms with Crippen LogP contribution in [0.5, 0.6) is 0 Å². The molecule has 0 aliphatic heterocycles. The van der Waals surface area contributed by atoms with E-state index in [1.807, 2.05) is 0 Å². The maximum Gasteiger partial charge on any atom is -1.00 e. The fraction of sp³-hybridized carbons (Fsp3) is 0.333. The van der Waals surface area contributed by atoms with Crippen LogP contribution in [-0.4, -0.2) is 0 Å². The molecule has 105 valence electrons. The van der Waals surface area contributed by atoms with Gasteiger partial charge in [0.15, 0.2) is 0 Å². The van der Waals surface area contributed by atoms with Gasteiger partial charge in [0.05, 0.1) is 0 Å². The molecule has 0 aromatic carbocycles. The number of hydrogen-bond acceptors (Lipinski definition) is 0. The fourth-order valence-electron chi connectivity index (χ4n) is 2.64. The van der Waals surface area contributed by atoms with Crippen LogP contribution in [0, 0.1) is 0 Å². The zero-order valence-corrected chi connectivity index (χ0v) is 16.3. The smallest absolute Gasteiger partial charge is 1.00 e. The third-order valence-electron chi connectivity index (χ3n) is 3.84. The average Bonchev–Trinajstić information content (AvgIpc) is 2.89. The molecular formula is C15H22Cl2PTi. The first kappa shape index (κ1) is 19.3. The summed E-state index contributed by atoms with van der Waals surface area (Å²) in [5, 5.41) is 7.64. The van der Waals surface area contributed by atoms with Crippen LogP contribution in [0.2, 0.25) is 15.7 Å². The Morgan fingerprint density at radius 2 is 1.74 bits per heavy atom. The van der Waals surface area contributed by atoms with Crippen molar-refractivity contribution in [1.29, 1.82) is 0 Å². The molecular weight excluding hydrogens is 330 g/mol. The number of rotatable bonds is 2. The Morgan fingerprint density at radius 3 is 2.21 bits per heavy atom. The summed E-state index contributed by atoms with van der Waals surface area (Å²) in [4.78, 5) is 0. The summed E-state index contributed by atoms with van der Waals surface area (Å²) < 4.78 is 3.36. The average molecular weight is 352 g/mol. The van der Waals surface area contributed by atoms with Crippen molar-refractivity contribution in [2.45, 2.75) is 29.5 Å². The van der Waals surface area contributed by atoms with Gasteiger partial charge in [-0.15, -0.1) is 0 Å². The first-order chi connectivity index (χ1) is 7.81. The van der Waals surface area contributed by atoms with Gasteiger partial charge in [-0.3, -0.25) is 0 Å². The van der Waals surface area contributed by atoms with E-state index in [0.717, 1.165) is 8.19 Å². The molecule has 1 heterocycles. The Labute approximate surface area is 132 Å². The van der Waals surface area contributed by atoms with E-state index < -0.39 is 15.3 Å². The van der Waals surface area contributed by atoms with E-state index in [1.165, 1.54) is 11.1 Å². The summed E-state index contributed by atoms with van der Waals surface area (Å²) in [6.45, 7) is 4.45. The monoisotopic (exact) mass is 351 g/mol. The molecule has 0 saturated carbocycles. The summed E-state index contributed by atoms with van der Waals surface area (Å²) >= 11 is -2.65. The molecule has 1 aliphatic carbocycles. The van der Waals surface area contributed by atoms with E-state index in [0.29, 0.717) is 0 Å². The molecule has 0 saturated heterocycles. The second-order valence-corrected chi connectivity index (χ2v) is 19.9. The third kappa shape index (κ3) is 3.49. The molecule has 19 heavy (non-hydrogen) atoms. The predicted molar refractivity (Wildman–Crippen MR) is 78.8 cm³/mol. The van der Waals surface area contributed by atoms with Crippen molar-refractivity contribution in [1.82, 2.24) is 0 Å². The van der Waals surface area contributed by atoms with Crippen molar-refractivity contribution in [2.24, 2.45) is 0 Å². The van der Waals surface area contributed by atoms with Crippen LogP contribution in [0.4, 0.5) is 0 Å². The van der Waals surface area contributed by atoms with E-state index in [9.17, 15) is 0 Å². The Balaban J connectivity index is 0.00000162. The number of allylic oxidation sites excluding steroid dienone is 6. The molecule has 1 aliphatic rings. The van der Waals surface area contributed by atoms with Gasteiger partial charge in [0.25, 0.3) is 0 Å². The molecule has 0 nitrogen and oxygen atoms in total. The summed E-state index contributed by atoms with van der Waals surface area (Å²) in [5.41, 5.74) is 2.94. The first-order valence-electron chi connectivity index (χ1n) is 6.24. The molecule has 0 spiro atoms. The predicted octanol–water partition coefficient (Wildman–Crippen LogP) is -1.02. The summed E-state index contributed by atoms with van der Waals surface area (Å²) in [7, 11) is 0.907. The molecule has 0 bridgehead atoms. The van der Waals surface area contributed by atoms with E-state index in [2.05, 4.69) is 65.7 Å². The van der Waals surface area contributed by atoms with Crippen LogP contribution in [0.25, 0.3) is 0 Å². The van der Waals surface area contributed by atoms with Crippen molar-refractivity contribution in [2.75, 3.05) is 0 Å². The van der Waals surface area contributed by atoms with Crippen LogP contribution in [0.15, 0.2) is 51.2 Å². The molecule has 0 radical (unpaired) electrons. The van der Waals surface area contributed by atoms with Gasteiger partial charge in [-0.05, 0) is 0 Å². The second kappa shape index (κ2) is 6.38. The summed E-state index contributed by atoms with van der Waals surface area (Å²) in [5.74, 6) is 2.32. The quantitative estimate of drug-likeness (QED) is 0.598. The van der Waals surface area contributed by atoms with Crippen molar-refractivity contribution in [3.63, 3.8) is 0 Å². The van der Waals surface area contributed by atoms with E-state index in [1.54, 1.807) is 7.48 Å². The van der Waals surface area contributed by atoms with E-state index in [-0.39, 0.29) is 24.8 Å². The first-order valence-corrected chi connectivity index (χ1v) is 13.6. The zero-order valence-electron chi connectivity index (χ0n) is 12.2. The Bertz CT molecular complexity index is 524. The van der Waals surface area contributed by atoms with Crippen LogP contribution in [0.1, 0.15) is 13.8 Å². The van der Waals surface area contributed by atoms with E-state index in [4.69, 9.17) is 0 Å². The van der Waals surface area contributed by atoms with Gasteiger partial charge < -0.3 is 24.8 Å². The number of hydrogen-bond donors (Lipinski definition) is 0. The SMILES string of the molecule is CC(C)=C1C=CC=[C]1[Ti+2]([CH3])([CH3])([CH3])[c]1ccc[pH]1.[Cl-].[Cl-]. The second-order valence-electron chi connectivity index (χ2n) is 6.56. The van der Waals surface area contributed by atoms with Gasteiger partial charge in [-0.2, -0.15) is 0 Å². The minimum atomic E-state index is -2.65. The maximum atomic E-state index is 2.55. The Kier molecular flexibility index (Phi) is 6.47. The molecule has 2 rings (SSSR count). The van der Waals surface area contributed by atoms with Gasteiger partial charge >= 0.3 is 108 Å². The minimum absolute atomic E-state index is 0. The maximum absolute atomic E-state index is 2.65. The van der Waals surface area contributed by atoms with Crippen molar-refractivity contribution in [3.05, 3.63) is 51.2 Å². The fourth-order valence-corrected chi connectivity index (χ4v) is 11.6. The topological polar surface area (TPSA) is 0 Å². The van der Waals surface area contributed by atoms with Crippen LogP contribution >= 0.6 is 8.19 Å². The molecule has 1 aromatic rings. The van der Waals surface area contributed by atoms with Gasteiger partial charge in [-0.1, -0.05) is 0 Å². The van der Waals surface area contributed by atoms with Crippen molar-refractivity contribution >= 4 is 11.8 Å². The third-order valence-corrected chi connectivity index (χ3v) is 15.8. The van der Waals surface area contributed by atoms with Crippen LogP contribution in [-0.2, 0) is 15.3 Å². The minimum Gasteiger partial charge on any atom is -1.00 e. The van der Waals surface area contributed by atoms with Gasteiger partial charge in [0, 0.05) is 0 Å². The standard InChI is InChI=1S/C8H9.C4H4P.3CH3.2ClH.Ti/c1-7(2)8-5-3-4-6-8;1-2-4-5-3-1;;;;;;/h3-5H,1-2H3;1-3,5H;3*1H3;2*1H;/q;;;;;;;+2/p-2. The Morgan fingerprint density at radius 1 is 1.11 bits per heavy atom. The molecule has 0 amide bonds. The molecule has 0 N–H and O–H groups in total. The summed E-state index contributed by atoms with van der Waals surface area (Å²) in [6, 6.07) is 4.61. The van der Waals surface area contributed by atoms with Crippen molar-refractivity contribution in [3.8, 4) is 0 Å². The van der Waals surface area contributed by atoms with Crippen molar-refractivity contribution < 1.29 is 40.1 Å². The molecule has 1 unspecified atom stereocenters. The zero-order chi connectivity index (χ0) is 12.7. The molecule has 1 aromatic heterocycles. The summed E-state index contributed by atoms with van der Waals surface area (Å²) in [6.07, 6.45) is 6.88. The largest absolute Gasteiger partial charge is 1.00 e. The van der Waals surface area contributed by atoms with E-state index >= 15 is 0 Å². The van der Waals surface area contributed by atoms with Gasteiger partial charge in [-0.25, -0.2) is 0 Å². The molecule has 0 fully saturated rings. The molecule has 1 atom stereocenters. The number of halogens is 2. The van der Waals surface area contributed by atoms with Gasteiger partial charge in [0.2, 0.25) is 0 Å². The van der Waals surface area contributed by atoms with Crippen LogP contribution < -0.4 is 28.4 Å². The normalized spacial score (nSPS) is 15.1.